The molecule has 0 spiro atoms. The number of rotatable bonds is 8. The molecule has 0 saturated heterocycles. The lowest BCUT2D eigenvalue weighted by molar-refractivity contribution is 0.113. The highest BCUT2D eigenvalue weighted by Crippen LogP contribution is 2.24. The van der Waals surface area contributed by atoms with Crippen molar-refractivity contribution in [1.82, 2.24) is 15.5 Å². The standard InChI is InChI=1S/C17H25N3O/c1-3-17(4-2,13-21)12-18-11-14-5-7-15(8-6-14)16-9-10-19-20-16/h5-10,18,21H,3-4,11-13H2,1-2H3,(H,19,20). The van der Waals surface area contributed by atoms with Gasteiger partial charge in [0.25, 0.3) is 0 Å². The molecule has 0 saturated carbocycles. The van der Waals surface area contributed by atoms with Crippen molar-refractivity contribution in [3.63, 3.8) is 0 Å². The Bertz CT molecular complexity index is 507. The number of nitrogens with zero attached hydrogens (tertiary/aromatic N) is 1. The van der Waals surface area contributed by atoms with Crippen molar-refractivity contribution in [2.24, 2.45) is 5.41 Å². The fourth-order valence-corrected chi connectivity index (χ4v) is 2.47. The minimum atomic E-state index is 0.00978. The summed E-state index contributed by atoms with van der Waals surface area (Å²) in [5, 5.41) is 20.0. The molecule has 0 amide bonds. The number of H-pyrrole nitrogens is 1. The highest BCUT2D eigenvalue weighted by Gasteiger charge is 2.24. The Morgan fingerprint density at radius 2 is 1.86 bits per heavy atom. The van der Waals surface area contributed by atoms with Gasteiger partial charge in [0, 0.05) is 31.3 Å². The van der Waals surface area contributed by atoms with Gasteiger partial charge in [-0.15, -0.1) is 0 Å². The Hall–Kier alpha value is -1.65. The molecule has 0 unspecified atom stereocenters. The van der Waals surface area contributed by atoms with Gasteiger partial charge in [-0.05, 0) is 30.0 Å². The summed E-state index contributed by atoms with van der Waals surface area (Å²) >= 11 is 0. The molecule has 0 radical (unpaired) electrons. The van der Waals surface area contributed by atoms with Gasteiger partial charge < -0.3 is 10.4 Å². The number of nitrogens with one attached hydrogen (secondary N) is 2. The molecule has 2 rings (SSSR count). The van der Waals surface area contributed by atoms with Crippen molar-refractivity contribution < 1.29 is 5.11 Å². The maximum atomic E-state index is 9.57. The number of hydrogen-bond donors (Lipinski definition) is 3. The Balaban J connectivity index is 1.89. The van der Waals surface area contributed by atoms with Crippen LogP contribution in [0.4, 0.5) is 0 Å². The van der Waals surface area contributed by atoms with E-state index in [9.17, 15) is 5.11 Å². The Kier molecular flexibility index (Phi) is 5.53. The summed E-state index contributed by atoms with van der Waals surface area (Å²) in [6, 6.07) is 10.4. The molecule has 4 nitrogen and oxygen atoms in total. The van der Waals surface area contributed by atoms with Crippen molar-refractivity contribution >= 4 is 0 Å². The Labute approximate surface area is 126 Å². The van der Waals surface area contributed by atoms with Crippen molar-refractivity contribution in [2.75, 3.05) is 13.2 Å². The molecular weight excluding hydrogens is 262 g/mol. The first-order valence-corrected chi connectivity index (χ1v) is 7.63. The highest BCUT2D eigenvalue weighted by molar-refractivity contribution is 5.58. The molecule has 0 atom stereocenters. The number of benzene rings is 1. The molecule has 0 aliphatic heterocycles. The smallest absolute Gasteiger partial charge is 0.0650 e. The van der Waals surface area contributed by atoms with Crippen molar-refractivity contribution in [2.45, 2.75) is 33.2 Å². The van der Waals surface area contributed by atoms with Crippen LogP contribution in [0.1, 0.15) is 32.3 Å². The van der Waals surface area contributed by atoms with E-state index in [4.69, 9.17) is 0 Å². The van der Waals surface area contributed by atoms with Crippen molar-refractivity contribution in [1.29, 1.82) is 0 Å². The summed E-state index contributed by atoms with van der Waals surface area (Å²) in [5.74, 6) is 0. The van der Waals surface area contributed by atoms with Crippen LogP contribution in [-0.2, 0) is 6.54 Å². The largest absolute Gasteiger partial charge is 0.396 e. The maximum Gasteiger partial charge on any atom is 0.0650 e. The van der Waals surface area contributed by atoms with E-state index >= 15 is 0 Å². The quantitative estimate of drug-likeness (QED) is 0.699. The zero-order valence-corrected chi connectivity index (χ0v) is 12.9. The maximum absolute atomic E-state index is 9.57. The SMILES string of the molecule is CCC(CC)(CO)CNCc1ccc(-c2ccn[nH]2)cc1. The lowest BCUT2D eigenvalue weighted by Gasteiger charge is -2.29. The third kappa shape index (κ3) is 3.93. The Morgan fingerprint density at radius 1 is 1.14 bits per heavy atom. The number of aliphatic hydroxyl groups excluding tert-OH is 1. The third-order valence-corrected chi connectivity index (χ3v) is 4.43. The number of aliphatic hydroxyl groups is 1. The summed E-state index contributed by atoms with van der Waals surface area (Å²) in [6.45, 7) is 6.19. The van der Waals surface area contributed by atoms with Crippen LogP contribution in [0.3, 0.4) is 0 Å². The number of aromatic amines is 1. The summed E-state index contributed by atoms with van der Waals surface area (Å²) < 4.78 is 0. The van der Waals surface area contributed by atoms with Crippen LogP contribution in [0.15, 0.2) is 36.5 Å². The monoisotopic (exact) mass is 287 g/mol. The van der Waals surface area contributed by atoms with E-state index in [2.05, 4.69) is 53.6 Å². The van der Waals surface area contributed by atoms with Gasteiger partial charge in [0.1, 0.15) is 0 Å². The Morgan fingerprint density at radius 3 is 2.38 bits per heavy atom. The first kappa shape index (κ1) is 15.7. The second-order valence-corrected chi connectivity index (χ2v) is 5.64. The molecule has 1 heterocycles. The van der Waals surface area contributed by atoms with Crippen LogP contribution in [0.5, 0.6) is 0 Å². The predicted octanol–water partition coefficient (Wildman–Crippen LogP) is 2.97. The second kappa shape index (κ2) is 7.38. The summed E-state index contributed by atoms with van der Waals surface area (Å²) in [7, 11) is 0. The zero-order chi connectivity index (χ0) is 15.1. The van der Waals surface area contributed by atoms with Gasteiger partial charge in [0.15, 0.2) is 0 Å². The topological polar surface area (TPSA) is 60.9 Å². The van der Waals surface area contributed by atoms with Gasteiger partial charge in [0.2, 0.25) is 0 Å². The summed E-state index contributed by atoms with van der Waals surface area (Å²) in [5.41, 5.74) is 3.43. The van der Waals surface area contributed by atoms with Gasteiger partial charge in [-0.1, -0.05) is 38.1 Å². The summed E-state index contributed by atoms with van der Waals surface area (Å²) in [4.78, 5) is 0. The molecular formula is C17H25N3O. The van der Waals surface area contributed by atoms with Crippen molar-refractivity contribution in [3.8, 4) is 11.3 Å². The highest BCUT2D eigenvalue weighted by atomic mass is 16.3. The van der Waals surface area contributed by atoms with E-state index in [0.29, 0.717) is 0 Å². The molecule has 3 N–H and O–H groups in total. The fourth-order valence-electron chi connectivity index (χ4n) is 2.47. The van der Waals surface area contributed by atoms with E-state index in [0.717, 1.165) is 37.2 Å². The minimum absolute atomic E-state index is 0.00978. The average molecular weight is 287 g/mol. The molecule has 4 heteroatoms. The zero-order valence-electron chi connectivity index (χ0n) is 12.9. The lowest BCUT2D eigenvalue weighted by atomic mass is 9.83. The van der Waals surface area contributed by atoms with Gasteiger partial charge in [-0.25, -0.2) is 0 Å². The summed E-state index contributed by atoms with van der Waals surface area (Å²) in [6.07, 6.45) is 3.74. The molecule has 21 heavy (non-hydrogen) atoms. The van der Waals surface area contributed by atoms with Crippen LogP contribution in [0.2, 0.25) is 0 Å². The lowest BCUT2D eigenvalue weighted by Crippen LogP contribution is -2.36. The van der Waals surface area contributed by atoms with Gasteiger partial charge in [-0.2, -0.15) is 5.10 Å². The van der Waals surface area contributed by atoms with Crippen LogP contribution in [0.25, 0.3) is 11.3 Å². The van der Waals surface area contributed by atoms with Gasteiger partial charge in [0.05, 0.1) is 5.69 Å². The molecule has 0 aliphatic rings. The van der Waals surface area contributed by atoms with Crippen LogP contribution < -0.4 is 5.32 Å². The van der Waals surface area contributed by atoms with Crippen LogP contribution in [0, 0.1) is 5.41 Å². The fraction of sp³-hybridized carbons (Fsp3) is 0.471. The van der Waals surface area contributed by atoms with E-state index in [1.807, 2.05) is 6.07 Å². The van der Waals surface area contributed by atoms with E-state index in [1.165, 1.54) is 5.56 Å². The molecule has 0 aliphatic carbocycles. The first-order chi connectivity index (χ1) is 10.2. The van der Waals surface area contributed by atoms with E-state index < -0.39 is 0 Å². The van der Waals surface area contributed by atoms with Gasteiger partial charge in [-0.3, -0.25) is 5.10 Å². The third-order valence-electron chi connectivity index (χ3n) is 4.43. The molecule has 2 aromatic rings. The average Bonchev–Trinajstić information content (AvgIpc) is 3.07. The first-order valence-electron chi connectivity index (χ1n) is 7.63. The van der Waals surface area contributed by atoms with E-state index in [1.54, 1.807) is 6.20 Å². The van der Waals surface area contributed by atoms with Crippen molar-refractivity contribution in [3.05, 3.63) is 42.1 Å². The molecule has 114 valence electrons. The molecule has 1 aromatic carbocycles. The number of hydrogen-bond acceptors (Lipinski definition) is 3. The minimum Gasteiger partial charge on any atom is -0.396 e. The second-order valence-electron chi connectivity index (χ2n) is 5.64. The normalized spacial score (nSPS) is 11.8. The van der Waals surface area contributed by atoms with Gasteiger partial charge >= 0.3 is 0 Å². The molecule has 0 fully saturated rings. The van der Waals surface area contributed by atoms with Crippen LogP contribution >= 0.6 is 0 Å². The van der Waals surface area contributed by atoms with Crippen LogP contribution in [-0.4, -0.2) is 28.5 Å². The predicted molar refractivity (Wildman–Crippen MR) is 85.8 cm³/mol. The molecule has 0 bridgehead atoms. The van der Waals surface area contributed by atoms with E-state index in [-0.39, 0.29) is 12.0 Å². The number of aromatic nitrogens is 2. The molecule has 1 aromatic heterocycles.